The summed E-state index contributed by atoms with van der Waals surface area (Å²) >= 11 is 0. The van der Waals surface area contributed by atoms with E-state index in [1.54, 1.807) is 0 Å². The fourth-order valence-electron chi connectivity index (χ4n) is 2.03. The Hall–Kier alpha value is -0.830. The van der Waals surface area contributed by atoms with Gasteiger partial charge in [-0.1, -0.05) is 13.5 Å². The van der Waals surface area contributed by atoms with Crippen LogP contribution in [0.1, 0.15) is 40.0 Å². The van der Waals surface area contributed by atoms with E-state index in [1.165, 1.54) is 6.08 Å². The topological polar surface area (TPSA) is 32.3 Å². The first kappa shape index (κ1) is 13.2. The third-order valence-corrected chi connectivity index (χ3v) is 3.46. The summed E-state index contributed by atoms with van der Waals surface area (Å²) < 4.78 is 0. The SMILES string of the molecule is C=CC(=O)N1CCC(NC(C)(C)CC)CC1. The molecule has 3 heteroatoms. The van der Waals surface area contributed by atoms with Gasteiger partial charge in [0.1, 0.15) is 0 Å². The van der Waals surface area contributed by atoms with Crippen LogP contribution in [-0.2, 0) is 4.79 Å². The molecule has 0 saturated carbocycles. The largest absolute Gasteiger partial charge is 0.339 e. The Kier molecular flexibility index (Phi) is 4.54. The second-order valence-corrected chi connectivity index (χ2v) is 5.19. The molecule has 1 amide bonds. The average Bonchev–Trinajstić information content (AvgIpc) is 2.28. The van der Waals surface area contributed by atoms with Crippen LogP contribution < -0.4 is 5.32 Å². The zero-order valence-electron chi connectivity index (χ0n) is 10.8. The van der Waals surface area contributed by atoms with E-state index in [1.807, 2.05) is 4.90 Å². The number of carbonyl (C=O) groups is 1. The predicted molar refractivity (Wildman–Crippen MR) is 67.3 cm³/mol. The summed E-state index contributed by atoms with van der Waals surface area (Å²) in [5.41, 5.74) is 0.204. The molecule has 0 spiro atoms. The van der Waals surface area contributed by atoms with Crippen molar-refractivity contribution in [2.75, 3.05) is 13.1 Å². The highest BCUT2D eigenvalue weighted by atomic mass is 16.2. The van der Waals surface area contributed by atoms with Crippen molar-refractivity contribution in [1.29, 1.82) is 0 Å². The molecule has 0 radical (unpaired) electrons. The van der Waals surface area contributed by atoms with Crippen LogP contribution in [0.3, 0.4) is 0 Å². The number of carbonyl (C=O) groups excluding carboxylic acids is 1. The minimum atomic E-state index is 0.0631. The second kappa shape index (κ2) is 5.48. The zero-order valence-corrected chi connectivity index (χ0v) is 10.8. The summed E-state index contributed by atoms with van der Waals surface area (Å²) in [5, 5.41) is 3.66. The molecule has 0 aromatic rings. The van der Waals surface area contributed by atoms with Crippen molar-refractivity contribution in [3.05, 3.63) is 12.7 Å². The highest BCUT2D eigenvalue weighted by Crippen LogP contribution is 2.16. The molecule has 16 heavy (non-hydrogen) atoms. The van der Waals surface area contributed by atoms with Gasteiger partial charge in [0.05, 0.1) is 0 Å². The number of nitrogens with one attached hydrogen (secondary N) is 1. The molecule has 1 fully saturated rings. The van der Waals surface area contributed by atoms with Crippen molar-refractivity contribution in [2.24, 2.45) is 0 Å². The monoisotopic (exact) mass is 224 g/mol. The number of hydrogen-bond donors (Lipinski definition) is 1. The molecule has 3 nitrogen and oxygen atoms in total. The number of amides is 1. The molecular weight excluding hydrogens is 200 g/mol. The van der Waals surface area contributed by atoms with Crippen molar-refractivity contribution in [1.82, 2.24) is 10.2 Å². The Morgan fingerprint density at radius 1 is 1.50 bits per heavy atom. The quantitative estimate of drug-likeness (QED) is 0.740. The van der Waals surface area contributed by atoms with Crippen LogP contribution >= 0.6 is 0 Å². The van der Waals surface area contributed by atoms with Crippen LogP contribution in [0.4, 0.5) is 0 Å². The van der Waals surface area contributed by atoms with Gasteiger partial charge in [0.15, 0.2) is 0 Å². The van der Waals surface area contributed by atoms with Crippen LogP contribution in [0.25, 0.3) is 0 Å². The average molecular weight is 224 g/mol. The highest BCUT2D eigenvalue weighted by Gasteiger charge is 2.25. The lowest BCUT2D eigenvalue weighted by molar-refractivity contribution is -0.127. The summed E-state index contributed by atoms with van der Waals surface area (Å²) in [6.07, 6.45) is 4.62. The van der Waals surface area contributed by atoms with E-state index >= 15 is 0 Å². The first-order valence-electron chi connectivity index (χ1n) is 6.17. The fraction of sp³-hybridized carbons (Fsp3) is 0.769. The Morgan fingerprint density at radius 3 is 2.50 bits per heavy atom. The smallest absolute Gasteiger partial charge is 0.245 e. The van der Waals surface area contributed by atoms with Crippen LogP contribution in [0.15, 0.2) is 12.7 Å². The van der Waals surface area contributed by atoms with Crippen LogP contribution in [-0.4, -0.2) is 35.5 Å². The van der Waals surface area contributed by atoms with E-state index in [2.05, 4.69) is 32.7 Å². The van der Waals surface area contributed by atoms with Gasteiger partial charge in [0.2, 0.25) is 5.91 Å². The number of piperidine rings is 1. The van der Waals surface area contributed by atoms with E-state index in [9.17, 15) is 4.79 Å². The molecule has 1 saturated heterocycles. The number of likely N-dealkylation sites (tertiary alicyclic amines) is 1. The molecule has 92 valence electrons. The van der Waals surface area contributed by atoms with Gasteiger partial charge in [-0.15, -0.1) is 0 Å². The number of nitrogens with zero attached hydrogens (tertiary/aromatic N) is 1. The van der Waals surface area contributed by atoms with E-state index in [4.69, 9.17) is 0 Å². The minimum absolute atomic E-state index is 0.0631. The molecule has 1 N–H and O–H groups in total. The predicted octanol–water partition coefficient (Wildman–Crippen LogP) is 1.94. The van der Waals surface area contributed by atoms with E-state index < -0.39 is 0 Å². The van der Waals surface area contributed by atoms with Gasteiger partial charge < -0.3 is 10.2 Å². The maximum atomic E-state index is 11.4. The van der Waals surface area contributed by atoms with Gasteiger partial charge in [0, 0.05) is 24.7 Å². The Morgan fingerprint density at radius 2 is 2.06 bits per heavy atom. The van der Waals surface area contributed by atoms with Gasteiger partial charge in [0.25, 0.3) is 0 Å². The van der Waals surface area contributed by atoms with Crippen molar-refractivity contribution >= 4 is 5.91 Å². The van der Waals surface area contributed by atoms with Crippen LogP contribution in [0.5, 0.6) is 0 Å². The summed E-state index contributed by atoms with van der Waals surface area (Å²) in [6.45, 7) is 11.9. The summed E-state index contributed by atoms with van der Waals surface area (Å²) in [4.78, 5) is 13.3. The van der Waals surface area contributed by atoms with Crippen molar-refractivity contribution < 1.29 is 4.79 Å². The van der Waals surface area contributed by atoms with Gasteiger partial charge in [-0.2, -0.15) is 0 Å². The van der Waals surface area contributed by atoms with Crippen molar-refractivity contribution in [3.8, 4) is 0 Å². The Balaban J connectivity index is 2.38. The fourth-order valence-corrected chi connectivity index (χ4v) is 2.03. The molecule has 1 aliphatic heterocycles. The summed E-state index contributed by atoms with van der Waals surface area (Å²) in [6, 6.07) is 0.545. The Bertz CT molecular complexity index is 253. The molecule has 0 aliphatic carbocycles. The van der Waals surface area contributed by atoms with E-state index in [0.29, 0.717) is 6.04 Å². The summed E-state index contributed by atoms with van der Waals surface area (Å²) in [5.74, 6) is 0.0631. The van der Waals surface area contributed by atoms with E-state index in [0.717, 1.165) is 32.4 Å². The second-order valence-electron chi connectivity index (χ2n) is 5.19. The standard InChI is InChI=1S/C13H24N2O/c1-5-12(16)15-9-7-11(8-10-15)14-13(3,4)6-2/h5,11,14H,1,6-10H2,2-4H3. The highest BCUT2D eigenvalue weighted by molar-refractivity contribution is 5.87. The van der Waals surface area contributed by atoms with Crippen LogP contribution in [0.2, 0.25) is 0 Å². The normalized spacial score (nSPS) is 18.6. The molecule has 0 unspecified atom stereocenters. The maximum Gasteiger partial charge on any atom is 0.245 e. The molecule has 0 atom stereocenters. The number of hydrogen-bond acceptors (Lipinski definition) is 2. The lowest BCUT2D eigenvalue weighted by Gasteiger charge is -2.37. The molecule has 1 aliphatic rings. The first-order valence-corrected chi connectivity index (χ1v) is 6.17. The molecule has 0 aromatic carbocycles. The minimum Gasteiger partial charge on any atom is -0.339 e. The maximum absolute atomic E-state index is 11.4. The first-order chi connectivity index (χ1) is 7.48. The van der Waals surface area contributed by atoms with Gasteiger partial charge in [-0.3, -0.25) is 4.79 Å². The molecule has 0 bridgehead atoms. The Labute approximate surface area is 98.9 Å². The van der Waals surface area contributed by atoms with Crippen molar-refractivity contribution in [2.45, 2.75) is 51.6 Å². The number of rotatable bonds is 4. The zero-order chi connectivity index (χ0) is 12.2. The molecule has 0 aromatic heterocycles. The molecular formula is C13H24N2O. The van der Waals surface area contributed by atoms with E-state index in [-0.39, 0.29) is 11.4 Å². The summed E-state index contributed by atoms with van der Waals surface area (Å²) in [7, 11) is 0. The lowest BCUT2D eigenvalue weighted by atomic mass is 9.96. The van der Waals surface area contributed by atoms with Crippen molar-refractivity contribution in [3.63, 3.8) is 0 Å². The van der Waals surface area contributed by atoms with Crippen LogP contribution in [0, 0.1) is 0 Å². The molecule has 1 heterocycles. The van der Waals surface area contributed by atoms with Gasteiger partial charge in [-0.05, 0) is 39.2 Å². The lowest BCUT2D eigenvalue weighted by Crippen LogP contribution is -2.51. The third kappa shape index (κ3) is 3.63. The third-order valence-electron chi connectivity index (χ3n) is 3.46. The van der Waals surface area contributed by atoms with Gasteiger partial charge >= 0.3 is 0 Å². The molecule has 1 rings (SSSR count). The van der Waals surface area contributed by atoms with Gasteiger partial charge in [-0.25, -0.2) is 0 Å².